The Morgan fingerprint density at radius 2 is 2.11 bits per heavy atom. The van der Waals surface area contributed by atoms with Crippen molar-refractivity contribution >= 4 is 17.4 Å². The van der Waals surface area contributed by atoms with Crippen molar-refractivity contribution in [1.29, 1.82) is 0 Å². The fourth-order valence-electron chi connectivity index (χ4n) is 2.38. The zero-order valence-corrected chi connectivity index (χ0v) is 10.6. The van der Waals surface area contributed by atoms with E-state index in [9.17, 15) is 14.7 Å². The van der Waals surface area contributed by atoms with Crippen LogP contribution in [0.1, 0.15) is 29.6 Å². The van der Waals surface area contributed by atoms with Crippen molar-refractivity contribution in [1.82, 2.24) is 0 Å². The molecule has 0 aromatic heterocycles. The van der Waals surface area contributed by atoms with Crippen molar-refractivity contribution in [3.05, 3.63) is 29.8 Å². The molecule has 0 radical (unpaired) electrons. The van der Waals surface area contributed by atoms with Gasteiger partial charge >= 0.3 is 5.97 Å². The first-order chi connectivity index (χ1) is 9.08. The number of aliphatic carboxylic acids is 1. The molecule has 0 amide bonds. The molecule has 0 aliphatic carbocycles. The molecule has 2 N–H and O–H groups in total. The standard InChI is InChI=1S/C14H17NO4/c16-10(8-14(18)19)9-15-7-3-6-13(17)11-4-1-2-5-12(11)15/h1-2,4-5,10,16H,3,6-9H2,(H,18,19). The lowest BCUT2D eigenvalue weighted by Crippen LogP contribution is -2.34. The van der Waals surface area contributed by atoms with E-state index in [4.69, 9.17) is 5.11 Å². The van der Waals surface area contributed by atoms with Gasteiger partial charge in [0.15, 0.2) is 5.78 Å². The van der Waals surface area contributed by atoms with Gasteiger partial charge in [-0.05, 0) is 18.6 Å². The topological polar surface area (TPSA) is 77.8 Å². The Morgan fingerprint density at radius 1 is 1.37 bits per heavy atom. The smallest absolute Gasteiger partial charge is 0.306 e. The van der Waals surface area contributed by atoms with E-state index in [0.29, 0.717) is 24.9 Å². The molecule has 1 heterocycles. The summed E-state index contributed by atoms with van der Waals surface area (Å²) in [7, 11) is 0. The molecule has 0 saturated heterocycles. The van der Waals surface area contributed by atoms with Crippen LogP contribution in [-0.4, -0.2) is 41.2 Å². The molecule has 5 heteroatoms. The number of para-hydroxylation sites is 1. The first kappa shape index (κ1) is 13.5. The zero-order valence-electron chi connectivity index (χ0n) is 10.6. The Kier molecular flexibility index (Phi) is 4.16. The van der Waals surface area contributed by atoms with Crippen molar-refractivity contribution in [2.24, 2.45) is 0 Å². The minimum atomic E-state index is -1.02. The van der Waals surface area contributed by atoms with E-state index < -0.39 is 12.1 Å². The van der Waals surface area contributed by atoms with Crippen LogP contribution in [-0.2, 0) is 4.79 Å². The molecular weight excluding hydrogens is 246 g/mol. The summed E-state index contributed by atoms with van der Waals surface area (Å²) in [6.07, 6.45) is -0.0126. The number of aliphatic hydroxyl groups is 1. The van der Waals surface area contributed by atoms with Gasteiger partial charge in [-0.1, -0.05) is 12.1 Å². The number of Topliss-reactive ketones (excluding diaryl/α,β-unsaturated/α-hetero) is 1. The van der Waals surface area contributed by atoms with Crippen LogP contribution in [0.15, 0.2) is 24.3 Å². The van der Waals surface area contributed by atoms with Crippen molar-refractivity contribution in [2.45, 2.75) is 25.4 Å². The Morgan fingerprint density at radius 3 is 2.84 bits per heavy atom. The van der Waals surface area contributed by atoms with Crippen molar-refractivity contribution in [3.63, 3.8) is 0 Å². The fourth-order valence-corrected chi connectivity index (χ4v) is 2.38. The van der Waals surface area contributed by atoms with Gasteiger partial charge in [0, 0.05) is 30.8 Å². The van der Waals surface area contributed by atoms with E-state index in [2.05, 4.69) is 0 Å². The van der Waals surface area contributed by atoms with Gasteiger partial charge in [0.1, 0.15) is 0 Å². The summed E-state index contributed by atoms with van der Waals surface area (Å²) < 4.78 is 0. The number of nitrogens with zero attached hydrogens (tertiary/aromatic N) is 1. The number of ketones is 1. The highest BCUT2D eigenvalue weighted by molar-refractivity contribution is 6.01. The number of fused-ring (bicyclic) bond motifs is 1. The minimum absolute atomic E-state index is 0.103. The van der Waals surface area contributed by atoms with Crippen molar-refractivity contribution < 1.29 is 19.8 Å². The summed E-state index contributed by atoms with van der Waals surface area (Å²) in [5.41, 5.74) is 1.44. The Labute approximate surface area is 111 Å². The Balaban J connectivity index is 2.19. The number of hydrogen-bond acceptors (Lipinski definition) is 4. The molecule has 19 heavy (non-hydrogen) atoms. The quantitative estimate of drug-likeness (QED) is 0.856. The Bertz CT molecular complexity index is 486. The van der Waals surface area contributed by atoms with Gasteiger partial charge in [0.25, 0.3) is 0 Å². The van der Waals surface area contributed by atoms with Crippen LogP contribution < -0.4 is 4.90 Å². The highest BCUT2D eigenvalue weighted by atomic mass is 16.4. The highest BCUT2D eigenvalue weighted by Gasteiger charge is 2.22. The third kappa shape index (κ3) is 3.32. The predicted octanol–water partition coefficient (Wildman–Crippen LogP) is 1.31. The summed E-state index contributed by atoms with van der Waals surface area (Å²) >= 11 is 0. The van der Waals surface area contributed by atoms with Gasteiger partial charge in [0.2, 0.25) is 0 Å². The van der Waals surface area contributed by atoms with Crippen LogP contribution in [0.5, 0.6) is 0 Å². The molecule has 1 aliphatic rings. The number of carboxylic acids is 1. The van der Waals surface area contributed by atoms with Crippen LogP contribution in [0, 0.1) is 0 Å². The van der Waals surface area contributed by atoms with Crippen LogP contribution in [0.25, 0.3) is 0 Å². The van der Waals surface area contributed by atoms with Gasteiger partial charge in [0.05, 0.1) is 12.5 Å². The Hall–Kier alpha value is -1.88. The van der Waals surface area contributed by atoms with Crippen molar-refractivity contribution in [3.8, 4) is 0 Å². The van der Waals surface area contributed by atoms with Gasteiger partial charge in [-0.3, -0.25) is 9.59 Å². The number of benzene rings is 1. The summed E-state index contributed by atoms with van der Waals surface area (Å²) in [6.45, 7) is 0.885. The molecular formula is C14H17NO4. The van der Waals surface area contributed by atoms with Gasteiger partial charge in [-0.2, -0.15) is 0 Å². The molecule has 0 fully saturated rings. The van der Waals surface area contributed by atoms with Crippen LogP contribution in [0.3, 0.4) is 0 Å². The molecule has 0 saturated carbocycles. The number of carboxylic acid groups (broad SMARTS) is 1. The lowest BCUT2D eigenvalue weighted by molar-refractivity contribution is -0.139. The second-order valence-corrected chi connectivity index (χ2v) is 4.74. The fraction of sp³-hybridized carbons (Fsp3) is 0.429. The van der Waals surface area contributed by atoms with Gasteiger partial charge in [-0.25, -0.2) is 0 Å². The van der Waals surface area contributed by atoms with E-state index in [1.54, 1.807) is 6.07 Å². The number of β-amino-alcohol motifs (C(OH)–C–C–N with tert-alkyl or cyclic N) is 1. The molecule has 5 nitrogen and oxygen atoms in total. The molecule has 1 unspecified atom stereocenters. The molecule has 1 aromatic carbocycles. The summed E-state index contributed by atoms with van der Waals surface area (Å²) in [5, 5.41) is 18.4. The summed E-state index contributed by atoms with van der Waals surface area (Å²) in [4.78, 5) is 24.4. The average molecular weight is 263 g/mol. The largest absolute Gasteiger partial charge is 0.481 e. The van der Waals surface area contributed by atoms with Crippen LogP contribution >= 0.6 is 0 Å². The van der Waals surface area contributed by atoms with Crippen LogP contribution in [0.4, 0.5) is 5.69 Å². The maximum Gasteiger partial charge on any atom is 0.306 e. The van der Waals surface area contributed by atoms with E-state index >= 15 is 0 Å². The molecule has 0 spiro atoms. The highest BCUT2D eigenvalue weighted by Crippen LogP contribution is 2.26. The molecule has 1 atom stereocenters. The van der Waals surface area contributed by atoms with E-state index in [1.165, 1.54) is 0 Å². The van der Waals surface area contributed by atoms with E-state index in [1.807, 2.05) is 23.1 Å². The number of carbonyl (C=O) groups is 2. The van der Waals surface area contributed by atoms with E-state index in [0.717, 1.165) is 5.69 Å². The SMILES string of the molecule is O=C(O)CC(O)CN1CCCC(=O)c2ccccc21. The maximum atomic E-state index is 11.9. The molecule has 102 valence electrons. The molecule has 2 rings (SSSR count). The average Bonchev–Trinajstić information content (AvgIpc) is 2.50. The van der Waals surface area contributed by atoms with Crippen LogP contribution in [0.2, 0.25) is 0 Å². The van der Waals surface area contributed by atoms with Crippen molar-refractivity contribution in [2.75, 3.05) is 18.0 Å². The molecule has 1 aliphatic heterocycles. The number of aliphatic hydroxyl groups excluding tert-OH is 1. The maximum absolute atomic E-state index is 11.9. The monoisotopic (exact) mass is 263 g/mol. The number of carbonyl (C=O) groups excluding carboxylic acids is 1. The third-order valence-corrected chi connectivity index (χ3v) is 3.22. The summed E-state index contributed by atoms with van der Waals surface area (Å²) in [6, 6.07) is 7.27. The first-order valence-electron chi connectivity index (χ1n) is 6.35. The number of rotatable bonds is 4. The predicted molar refractivity (Wildman–Crippen MR) is 70.5 cm³/mol. The normalized spacial score (nSPS) is 16.7. The minimum Gasteiger partial charge on any atom is -0.481 e. The first-order valence-corrected chi connectivity index (χ1v) is 6.35. The summed E-state index contributed by atoms with van der Waals surface area (Å²) in [5.74, 6) is -0.919. The lowest BCUT2D eigenvalue weighted by Gasteiger charge is -2.26. The molecule has 0 bridgehead atoms. The third-order valence-electron chi connectivity index (χ3n) is 3.22. The van der Waals surface area contributed by atoms with Gasteiger partial charge < -0.3 is 15.1 Å². The second kappa shape index (κ2) is 5.84. The second-order valence-electron chi connectivity index (χ2n) is 4.74. The molecule has 1 aromatic rings. The number of hydrogen-bond donors (Lipinski definition) is 2. The lowest BCUT2D eigenvalue weighted by atomic mass is 10.1. The van der Waals surface area contributed by atoms with Gasteiger partial charge in [-0.15, -0.1) is 0 Å². The zero-order chi connectivity index (χ0) is 13.8. The number of anilines is 1. The van der Waals surface area contributed by atoms with E-state index in [-0.39, 0.29) is 18.7 Å².